The number of methoxy groups -OCH3 is 1. The van der Waals surface area contributed by atoms with Gasteiger partial charge in [0, 0.05) is 22.5 Å². The summed E-state index contributed by atoms with van der Waals surface area (Å²) in [5.41, 5.74) is 4.06. The Balaban J connectivity index is 2.16. The number of H-pyrrole nitrogens is 1. The first kappa shape index (κ1) is 14.5. The van der Waals surface area contributed by atoms with Gasteiger partial charge >= 0.3 is 0 Å². The molecule has 114 valence electrons. The van der Waals surface area contributed by atoms with Crippen LogP contribution in [0.2, 0.25) is 0 Å². The van der Waals surface area contributed by atoms with Gasteiger partial charge in [-0.25, -0.2) is 0 Å². The van der Waals surface area contributed by atoms with Crippen molar-refractivity contribution in [1.82, 2.24) is 10.3 Å². The van der Waals surface area contributed by atoms with Crippen LogP contribution >= 0.6 is 0 Å². The predicted octanol–water partition coefficient (Wildman–Crippen LogP) is 3.31. The second-order valence-electron chi connectivity index (χ2n) is 5.26. The molecule has 0 atom stereocenters. The fourth-order valence-corrected chi connectivity index (χ4v) is 2.79. The van der Waals surface area contributed by atoms with Gasteiger partial charge in [-0.15, -0.1) is 0 Å². The van der Waals surface area contributed by atoms with E-state index >= 15 is 0 Å². The molecule has 3 aromatic rings. The van der Waals surface area contributed by atoms with Crippen molar-refractivity contribution < 1.29 is 9.84 Å². The highest BCUT2D eigenvalue weighted by molar-refractivity contribution is 5.91. The Kier molecular flexibility index (Phi) is 4.02. The molecule has 0 aliphatic rings. The second-order valence-corrected chi connectivity index (χ2v) is 5.26. The topological polar surface area (TPSA) is 57.3 Å². The summed E-state index contributed by atoms with van der Waals surface area (Å²) in [6.07, 6.45) is 0.890. The lowest BCUT2D eigenvalue weighted by Crippen LogP contribution is -2.10. The Morgan fingerprint density at radius 1 is 1.18 bits per heavy atom. The summed E-state index contributed by atoms with van der Waals surface area (Å²) < 4.78 is 5.16. The number of ether oxygens (including phenoxy) is 1. The van der Waals surface area contributed by atoms with E-state index < -0.39 is 0 Å². The Morgan fingerprint density at radius 2 is 2.00 bits per heavy atom. The van der Waals surface area contributed by atoms with Crippen LogP contribution in [0.1, 0.15) is 5.56 Å². The second kappa shape index (κ2) is 6.12. The number of para-hydroxylation sites is 1. The fraction of sp³-hybridized carbons (Fsp3) is 0.222. The van der Waals surface area contributed by atoms with Crippen LogP contribution < -0.4 is 10.1 Å². The van der Waals surface area contributed by atoms with E-state index in [1.807, 2.05) is 31.3 Å². The van der Waals surface area contributed by atoms with Crippen molar-refractivity contribution in [2.75, 3.05) is 20.7 Å². The van der Waals surface area contributed by atoms with E-state index in [-0.39, 0.29) is 5.75 Å². The van der Waals surface area contributed by atoms with Crippen LogP contribution in [-0.2, 0) is 6.42 Å². The van der Waals surface area contributed by atoms with Crippen LogP contribution in [0.3, 0.4) is 0 Å². The molecule has 2 aromatic carbocycles. The number of phenols is 1. The molecule has 1 aromatic heterocycles. The maximum atomic E-state index is 10.3. The summed E-state index contributed by atoms with van der Waals surface area (Å²) in [4.78, 5) is 3.44. The average Bonchev–Trinajstić information content (AvgIpc) is 2.91. The van der Waals surface area contributed by atoms with Gasteiger partial charge in [-0.3, -0.25) is 0 Å². The Bertz CT molecular complexity index is 793. The van der Waals surface area contributed by atoms with Crippen molar-refractivity contribution in [3.63, 3.8) is 0 Å². The SMILES string of the molecule is CNCCc1c(-c2ccc(OC)cc2O)[nH]c2ccccc12. The molecule has 4 nitrogen and oxygen atoms in total. The van der Waals surface area contributed by atoms with Gasteiger partial charge in [0.15, 0.2) is 0 Å². The van der Waals surface area contributed by atoms with Crippen LogP contribution in [-0.4, -0.2) is 30.8 Å². The monoisotopic (exact) mass is 296 g/mol. The standard InChI is InChI=1S/C18H20N2O2/c1-19-10-9-14-13-5-3-4-6-16(13)20-18(14)15-8-7-12(22-2)11-17(15)21/h3-8,11,19-21H,9-10H2,1-2H3. The van der Waals surface area contributed by atoms with Gasteiger partial charge in [0.1, 0.15) is 11.5 Å². The molecule has 0 spiro atoms. The zero-order chi connectivity index (χ0) is 15.5. The average molecular weight is 296 g/mol. The van der Waals surface area contributed by atoms with Crippen LogP contribution in [0, 0.1) is 0 Å². The lowest BCUT2D eigenvalue weighted by molar-refractivity contribution is 0.408. The summed E-state index contributed by atoms with van der Waals surface area (Å²) in [6.45, 7) is 0.881. The van der Waals surface area contributed by atoms with Crippen molar-refractivity contribution in [1.29, 1.82) is 0 Å². The first-order valence-electron chi connectivity index (χ1n) is 7.36. The third-order valence-corrected chi connectivity index (χ3v) is 3.91. The van der Waals surface area contributed by atoms with Crippen molar-refractivity contribution in [3.8, 4) is 22.8 Å². The van der Waals surface area contributed by atoms with Gasteiger partial charge in [-0.1, -0.05) is 18.2 Å². The molecule has 3 N–H and O–H groups in total. The normalized spacial score (nSPS) is 11.0. The molecule has 0 unspecified atom stereocenters. The molecule has 4 heteroatoms. The number of likely N-dealkylation sites (N-methyl/N-ethyl adjacent to an activating group) is 1. The minimum atomic E-state index is 0.219. The Morgan fingerprint density at radius 3 is 2.73 bits per heavy atom. The number of aromatic amines is 1. The van der Waals surface area contributed by atoms with Gasteiger partial charge in [-0.2, -0.15) is 0 Å². The summed E-state index contributed by atoms with van der Waals surface area (Å²) >= 11 is 0. The van der Waals surface area contributed by atoms with E-state index in [4.69, 9.17) is 4.74 Å². The Labute approximate surface area is 129 Å². The number of phenolic OH excluding ortho intramolecular Hbond substituents is 1. The van der Waals surface area contributed by atoms with E-state index in [1.54, 1.807) is 13.2 Å². The third-order valence-electron chi connectivity index (χ3n) is 3.91. The molecule has 22 heavy (non-hydrogen) atoms. The van der Waals surface area contributed by atoms with Gasteiger partial charge < -0.3 is 20.1 Å². The van der Waals surface area contributed by atoms with Gasteiger partial charge in [0.25, 0.3) is 0 Å². The van der Waals surface area contributed by atoms with Gasteiger partial charge in [-0.05, 0) is 43.8 Å². The summed E-state index contributed by atoms with van der Waals surface area (Å²) in [7, 11) is 3.54. The van der Waals surface area contributed by atoms with Crippen LogP contribution in [0.4, 0.5) is 0 Å². The fourth-order valence-electron chi connectivity index (χ4n) is 2.79. The number of benzene rings is 2. The van der Waals surface area contributed by atoms with Gasteiger partial charge in [0.05, 0.1) is 12.8 Å². The van der Waals surface area contributed by atoms with Crippen LogP contribution in [0.15, 0.2) is 42.5 Å². The van der Waals surface area contributed by atoms with E-state index in [1.165, 1.54) is 10.9 Å². The smallest absolute Gasteiger partial charge is 0.128 e. The molecule has 0 aliphatic carbocycles. The first-order chi connectivity index (χ1) is 10.7. The number of hydrogen-bond donors (Lipinski definition) is 3. The largest absolute Gasteiger partial charge is 0.507 e. The number of nitrogens with one attached hydrogen (secondary N) is 2. The van der Waals surface area contributed by atoms with E-state index in [0.717, 1.165) is 29.7 Å². The number of aromatic nitrogens is 1. The van der Waals surface area contributed by atoms with Crippen molar-refractivity contribution in [3.05, 3.63) is 48.0 Å². The predicted molar refractivity (Wildman–Crippen MR) is 89.6 cm³/mol. The highest BCUT2D eigenvalue weighted by Crippen LogP contribution is 2.37. The zero-order valence-corrected chi connectivity index (χ0v) is 12.8. The molecule has 3 rings (SSSR count). The lowest BCUT2D eigenvalue weighted by atomic mass is 10.0. The van der Waals surface area contributed by atoms with Crippen molar-refractivity contribution in [2.24, 2.45) is 0 Å². The summed E-state index contributed by atoms with van der Waals surface area (Å²) in [6, 6.07) is 13.6. The van der Waals surface area contributed by atoms with E-state index in [2.05, 4.69) is 22.4 Å². The number of hydrogen-bond acceptors (Lipinski definition) is 3. The number of aromatic hydroxyl groups is 1. The molecule has 1 heterocycles. The Hall–Kier alpha value is -2.46. The first-order valence-corrected chi connectivity index (χ1v) is 7.36. The molecule has 0 amide bonds. The molecule has 0 saturated carbocycles. The molecular formula is C18H20N2O2. The molecule has 0 fully saturated rings. The lowest BCUT2D eigenvalue weighted by Gasteiger charge is -2.08. The van der Waals surface area contributed by atoms with Crippen LogP contribution in [0.25, 0.3) is 22.2 Å². The maximum absolute atomic E-state index is 10.3. The molecular weight excluding hydrogens is 276 g/mol. The van der Waals surface area contributed by atoms with E-state index in [9.17, 15) is 5.11 Å². The minimum absolute atomic E-state index is 0.219. The van der Waals surface area contributed by atoms with Crippen LogP contribution in [0.5, 0.6) is 11.5 Å². The van der Waals surface area contributed by atoms with E-state index in [0.29, 0.717) is 5.75 Å². The quantitative estimate of drug-likeness (QED) is 0.677. The zero-order valence-electron chi connectivity index (χ0n) is 12.8. The third kappa shape index (κ3) is 2.53. The highest BCUT2D eigenvalue weighted by atomic mass is 16.5. The van der Waals surface area contributed by atoms with Crippen molar-refractivity contribution >= 4 is 10.9 Å². The molecule has 0 aliphatic heterocycles. The summed E-state index contributed by atoms with van der Waals surface area (Å²) in [5.74, 6) is 0.866. The van der Waals surface area contributed by atoms with Gasteiger partial charge in [0.2, 0.25) is 0 Å². The number of fused-ring (bicyclic) bond motifs is 1. The summed E-state index contributed by atoms with van der Waals surface area (Å²) in [5, 5.41) is 14.7. The maximum Gasteiger partial charge on any atom is 0.128 e. The highest BCUT2D eigenvalue weighted by Gasteiger charge is 2.15. The van der Waals surface area contributed by atoms with Crippen molar-refractivity contribution in [2.45, 2.75) is 6.42 Å². The minimum Gasteiger partial charge on any atom is -0.507 e. The number of rotatable bonds is 5. The molecule has 0 radical (unpaired) electrons. The molecule has 0 saturated heterocycles. The molecule has 0 bridgehead atoms.